The summed E-state index contributed by atoms with van der Waals surface area (Å²) >= 11 is 0. The van der Waals surface area contributed by atoms with Crippen LogP contribution >= 0.6 is 24.0 Å². The molecule has 1 aromatic heterocycles. The Balaban J connectivity index is 0.00000243. The van der Waals surface area contributed by atoms with E-state index in [2.05, 4.69) is 43.7 Å². The number of likely N-dealkylation sites (tertiary alicyclic amines) is 1. The van der Waals surface area contributed by atoms with Crippen molar-refractivity contribution >= 4 is 29.9 Å². The van der Waals surface area contributed by atoms with Crippen LogP contribution in [-0.2, 0) is 6.54 Å². The molecule has 1 aromatic carbocycles. The number of nitrogens with zero attached hydrogens (tertiary/aromatic N) is 4. The van der Waals surface area contributed by atoms with Gasteiger partial charge in [0.2, 0.25) is 0 Å². The van der Waals surface area contributed by atoms with E-state index < -0.39 is 0 Å². The summed E-state index contributed by atoms with van der Waals surface area (Å²) in [5, 5.41) is 6.83. The molecule has 0 saturated carbocycles. The first-order chi connectivity index (χ1) is 12.4. The van der Waals surface area contributed by atoms with Crippen molar-refractivity contribution < 1.29 is 0 Å². The lowest BCUT2D eigenvalue weighted by Crippen LogP contribution is -2.42. The summed E-state index contributed by atoms with van der Waals surface area (Å²) < 4.78 is 2.03. The fourth-order valence-corrected chi connectivity index (χ4v) is 3.23. The number of piperidine rings is 1. The highest BCUT2D eigenvalue weighted by Gasteiger charge is 2.09. The monoisotopic (exact) mass is 468 g/mol. The Morgan fingerprint density at radius 3 is 2.69 bits per heavy atom. The molecule has 0 aliphatic carbocycles. The second-order valence-corrected chi connectivity index (χ2v) is 6.35. The lowest BCUT2D eigenvalue weighted by molar-refractivity contribution is 0.232. The highest BCUT2D eigenvalue weighted by atomic mass is 127. The maximum Gasteiger partial charge on any atom is 0.191 e. The molecule has 1 aliphatic heterocycles. The lowest BCUT2D eigenvalue weighted by atomic mass is 10.1. The third-order valence-electron chi connectivity index (χ3n) is 4.61. The summed E-state index contributed by atoms with van der Waals surface area (Å²) in [7, 11) is 1.82. The van der Waals surface area contributed by atoms with Crippen LogP contribution in [0.15, 0.2) is 48.0 Å². The average Bonchev–Trinajstić information content (AvgIpc) is 3.20. The van der Waals surface area contributed by atoms with Crippen LogP contribution < -0.4 is 10.6 Å². The number of halogens is 1. The molecule has 0 radical (unpaired) electrons. The van der Waals surface area contributed by atoms with E-state index in [1.165, 1.54) is 37.9 Å². The molecular weight excluding hydrogens is 439 g/mol. The average molecular weight is 468 g/mol. The van der Waals surface area contributed by atoms with Crippen LogP contribution in [0.5, 0.6) is 0 Å². The summed E-state index contributed by atoms with van der Waals surface area (Å²) in [6.07, 6.45) is 9.62. The van der Waals surface area contributed by atoms with E-state index in [0.29, 0.717) is 0 Å². The SMILES string of the molecule is CN=C(NCCN1CCCCC1)NCc1ccccc1-n1ccnc1.I. The van der Waals surface area contributed by atoms with Gasteiger partial charge in [0.05, 0.1) is 12.0 Å². The second-order valence-electron chi connectivity index (χ2n) is 6.35. The Labute approximate surface area is 173 Å². The van der Waals surface area contributed by atoms with Gasteiger partial charge >= 0.3 is 0 Å². The van der Waals surface area contributed by atoms with Gasteiger partial charge in [0, 0.05) is 39.1 Å². The quantitative estimate of drug-likeness (QED) is 0.389. The van der Waals surface area contributed by atoms with Crippen LogP contribution in [0, 0.1) is 0 Å². The minimum atomic E-state index is 0. The molecule has 3 rings (SSSR count). The maximum atomic E-state index is 4.33. The van der Waals surface area contributed by atoms with Crippen LogP contribution in [0.25, 0.3) is 5.69 Å². The van der Waals surface area contributed by atoms with Crippen molar-refractivity contribution in [1.29, 1.82) is 0 Å². The summed E-state index contributed by atoms with van der Waals surface area (Å²) in [6, 6.07) is 8.34. The molecule has 6 nitrogen and oxygen atoms in total. The summed E-state index contributed by atoms with van der Waals surface area (Å²) in [4.78, 5) is 11.0. The number of hydrogen-bond donors (Lipinski definition) is 2. The molecule has 2 aromatic rings. The van der Waals surface area contributed by atoms with Crippen molar-refractivity contribution in [3.63, 3.8) is 0 Å². The zero-order valence-corrected chi connectivity index (χ0v) is 17.7. The van der Waals surface area contributed by atoms with Crippen LogP contribution in [0.4, 0.5) is 0 Å². The molecule has 0 bridgehead atoms. The number of aromatic nitrogens is 2. The Hall–Kier alpha value is -1.61. The van der Waals surface area contributed by atoms with Crippen LogP contribution in [0.3, 0.4) is 0 Å². The fourth-order valence-electron chi connectivity index (χ4n) is 3.23. The van der Waals surface area contributed by atoms with Gasteiger partial charge in [0.25, 0.3) is 0 Å². The number of hydrogen-bond acceptors (Lipinski definition) is 3. The smallest absolute Gasteiger partial charge is 0.191 e. The molecule has 0 atom stereocenters. The zero-order valence-electron chi connectivity index (χ0n) is 15.4. The first-order valence-electron chi connectivity index (χ1n) is 9.10. The van der Waals surface area contributed by atoms with E-state index in [4.69, 9.17) is 0 Å². The summed E-state index contributed by atoms with van der Waals surface area (Å²) in [6.45, 7) is 5.17. The van der Waals surface area contributed by atoms with E-state index >= 15 is 0 Å². The topological polar surface area (TPSA) is 57.5 Å². The van der Waals surface area contributed by atoms with Crippen LogP contribution in [-0.4, -0.2) is 53.6 Å². The van der Waals surface area contributed by atoms with E-state index in [0.717, 1.165) is 31.3 Å². The standard InChI is InChI=1S/C19H28N6.HI/c1-20-19(22-10-13-24-11-5-2-6-12-24)23-15-17-7-3-4-8-18(17)25-14-9-21-16-25;/h3-4,7-9,14,16H,2,5-6,10-13,15H2,1H3,(H2,20,22,23);1H. The first-order valence-corrected chi connectivity index (χ1v) is 9.10. The van der Waals surface area contributed by atoms with Gasteiger partial charge in [-0.05, 0) is 37.6 Å². The van der Waals surface area contributed by atoms with Gasteiger partial charge in [-0.2, -0.15) is 0 Å². The normalized spacial score (nSPS) is 15.3. The molecule has 2 heterocycles. The molecular formula is C19H29IN6. The molecule has 142 valence electrons. The predicted octanol–water partition coefficient (Wildman–Crippen LogP) is 2.64. The minimum absolute atomic E-state index is 0. The third kappa shape index (κ3) is 5.98. The molecule has 7 heteroatoms. The highest BCUT2D eigenvalue weighted by molar-refractivity contribution is 14.0. The van der Waals surface area contributed by atoms with Gasteiger partial charge in [0.1, 0.15) is 0 Å². The number of benzene rings is 1. The van der Waals surface area contributed by atoms with Crippen molar-refractivity contribution in [2.45, 2.75) is 25.8 Å². The van der Waals surface area contributed by atoms with E-state index in [1.54, 1.807) is 6.20 Å². The van der Waals surface area contributed by atoms with Crippen LogP contribution in [0.2, 0.25) is 0 Å². The number of guanidine groups is 1. The number of imidazole rings is 1. The predicted molar refractivity (Wildman–Crippen MR) is 117 cm³/mol. The third-order valence-corrected chi connectivity index (χ3v) is 4.61. The summed E-state index contributed by atoms with van der Waals surface area (Å²) in [5.41, 5.74) is 2.34. The van der Waals surface area contributed by atoms with E-state index in [9.17, 15) is 0 Å². The van der Waals surface area contributed by atoms with Crippen molar-refractivity contribution in [1.82, 2.24) is 25.1 Å². The van der Waals surface area contributed by atoms with Crippen LogP contribution in [0.1, 0.15) is 24.8 Å². The lowest BCUT2D eigenvalue weighted by Gasteiger charge is -2.26. The molecule has 0 amide bonds. The molecule has 1 saturated heterocycles. The van der Waals surface area contributed by atoms with E-state index in [-0.39, 0.29) is 24.0 Å². The Kier molecular flexibility index (Phi) is 8.90. The minimum Gasteiger partial charge on any atom is -0.355 e. The Bertz CT molecular complexity index is 664. The molecule has 2 N–H and O–H groups in total. The van der Waals surface area contributed by atoms with Crippen molar-refractivity contribution in [3.8, 4) is 5.69 Å². The van der Waals surface area contributed by atoms with Gasteiger partial charge in [-0.1, -0.05) is 24.6 Å². The highest BCUT2D eigenvalue weighted by Crippen LogP contribution is 2.13. The Morgan fingerprint density at radius 2 is 1.96 bits per heavy atom. The molecule has 26 heavy (non-hydrogen) atoms. The van der Waals surface area contributed by atoms with Gasteiger partial charge < -0.3 is 20.1 Å². The van der Waals surface area contributed by atoms with Gasteiger partial charge in [-0.25, -0.2) is 4.98 Å². The summed E-state index contributed by atoms with van der Waals surface area (Å²) in [5.74, 6) is 0.845. The molecule has 1 fully saturated rings. The Morgan fingerprint density at radius 1 is 1.15 bits per heavy atom. The van der Waals surface area contributed by atoms with Crippen molar-refractivity contribution in [2.75, 3.05) is 33.2 Å². The molecule has 0 unspecified atom stereocenters. The number of rotatable bonds is 6. The fraction of sp³-hybridized carbons (Fsp3) is 0.474. The second kappa shape index (κ2) is 11.2. The molecule has 0 spiro atoms. The largest absolute Gasteiger partial charge is 0.355 e. The maximum absolute atomic E-state index is 4.33. The van der Waals surface area contributed by atoms with Gasteiger partial charge in [-0.15, -0.1) is 24.0 Å². The number of para-hydroxylation sites is 1. The van der Waals surface area contributed by atoms with Gasteiger partial charge in [0.15, 0.2) is 5.96 Å². The van der Waals surface area contributed by atoms with E-state index in [1.807, 2.05) is 30.2 Å². The zero-order chi connectivity index (χ0) is 17.3. The number of aliphatic imine (C=N–C) groups is 1. The van der Waals surface area contributed by atoms with Crippen molar-refractivity contribution in [3.05, 3.63) is 48.5 Å². The van der Waals surface area contributed by atoms with Crippen molar-refractivity contribution in [2.24, 2.45) is 4.99 Å². The number of nitrogens with one attached hydrogen (secondary N) is 2. The molecule has 1 aliphatic rings. The van der Waals surface area contributed by atoms with Gasteiger partial charge in [-0.3, -0.25) is 4.99 Å². The first kappa shape index (κ1) is 20.7.